The predicted molar refractivity (Wildman–Crippen MR) is 70.8 cm³/mol. The summed E-state index contributed by atoms with van der Waals surface area (Å²) in [5, 5.41) is 3.46. The van der Waals surface area contributed by atoms with E-state index < -0.39 is 0 Å². The van der Waals surface area contributed by atoms with Gasteiger partial charge in [-0.3, -0.25) is 0 Å². The van der Waals surface area contributed by atoms with E-state index in [9.17, 15) is 0 Å². The van der Waals surface area contributed by atoms with Gasteiger partial charge >= 0.3 is 0 Å². The molecule has 1 heterocycles. The third-order valence-corrected chi connectivity index (χ3v) is 4.44. The molecule has 1 unspecified atom stereocenters. The lowest BCUT2D eigenvalue weighted by molar-refractivity contribution is 0.192. The Balaban J connectivity index is 1.95. The Labute approximate surface area is 105 Å². The molecule has 1 aromatic heterocycles. The summed E-state index contributed by atoms with van der Waals surface area (Å²) < 4.78 is 5.21. The maximum atomic E-state index is 5.21. The zero-order valence-electron chi connectivity index (χ0n) is 11.3. The fourth-order valence-electron chi connectivity index (χ4n) is 3.27. The van der Waals surface area contributed by atoms with Crippen LogP contribution in [0.4, 0.5) is 0 Å². The summed E-state index contributed by atoms with van der Waals surface area (Å²) in [5.74, 6) is 2.55. The highest BCUT2D eigenvalue weighted by molar-refractivity contribution is 5.13. The first-order valence-corrected chi connectivity index (χ1v) is 6.91. The number of rotatable bonds is 4. The Kier molecular flexibility index (Phi) is 4.27. The summed E-state index contributed by atoms with van der Waals surface area (Å²) in [5.41, 5.74) is 1.31. The number of furan rings is 1. The standard InChI is InChI=1S/C15H25NO/c1-11(2)12-4-6-13(7-5-12)15(16-3)14-8-9-17-10-14/h8-13,15-16H,4-7H2,1-3H3. The van der Waals surface area contributed by atoms with E-state index in [1.54, 1.807) is 6.26 Å². The molecule has 0 bridgehead atoms. The van der Waals surface area contributed by atoms with Crippen LogP contribution in [0.2, 0.25) is 0 Å². The van der Waals surface area contributed by atoms with Crippen molar-refractivity contribution >= 4 is 0 Å². The molecule has 96 valence electrons. The van der Waals surface area contributed by atoms with Crippen molar-refractivity contribution in [3.05, 3.63) is 24.2 Å². The lowest BCUT2D eigenvalue weighted by Gasteiger charge is -2.35. The van der Waals surface area contributed by atoms with Crippen molar-refractivity contribution in [2.75, 3.05) is 7.05 Å². The SMILES string of the molecule is CNC(c1ccoc1)C1CCC(C(C)C)CC1. The fourth-order valence-corrected chi connectivity index (χ4v) is 3.27. The molecule has 0 aliphatic heterocycles. The van der Waals surface area contributed by atoms with Crippen LogP contribution < -0.4 is 5.32 Å². The molecule has 1 aliphatic carbocycles. The fraction of sp³-hybridized carbons (Fsp3) is 0.733. The summed E-state index contributed by atoms with van der Waals surface area (Å²) in [6.07, 6.45) is 9.13. The highest BCUT2D eigenvalue weighted by Crippen LogP contribution is 2.39. The van der Waals surface area contributed by atoms with Gasteiger partial charge in [-0.1, -0.05) is 13.8 Å². The molecule has 1 N–H and O–H groups in total. The summed E-state index contributed by atoms with van der Waals surface area (Å²) in [6.45, 7) is 4.72. The first-order chi connectivity index (χ1) is 8.22. The number of nitrogens with one attached hydrogen (secondary N) is 1. The number of hydrogen-bond donors (Lipinski definition) is 1. The number of hydrogen-bond acceptors (Lipinski definition) is 2. The van der Waals surface area contributed by atoms with Crippen LogP contribution in [-0.2, 0) is 0 Å². The van der Waals surface area contributed by atoms with Gasteiger partial charge in [-0.25, -0.2) is 0 Å². The van der Waals surface area contributed by atoms with Crippen molar-refractivity contribution in [1.29, 1.82) is 0 Å². The van der Waals surface area contributed by atoms with Crippen molar-refractivity contribution in [3.8, 4) is 0 Å². The molecule has 0 amide bonds. The van der Waals surface area contributed by atoms with Crippen LogP contribution >= 0.6 is 0 Å². The quantitative estimate of drug-likeness (QED) is 0.853. The predicted octanol–water partition coefficient (Wildman–Crippen LogP) is 4.00. The second-order valence-electron chi connectivity index (χ2n) is 5.74. The molecule has 1 aliphatic rings. The van der Waals surface area contributed by atoms with Crippen LogP contribution in [0.15, 0.2) is 23.0 Å². The van der Waals surface area contributed by atoms with Gasteiger partial charge in [-0.15, -0.1) is 0 Å². The van der Waals surface area contributed by atoms with E-state index >= 15 is 0 Å². The first kappa shape index (κ1) is 12.7. The van der Waals surface area contributed by atoms with Gasteiger partial charge in [0, 0.05) is 11.6 Å². The molecule has 2 nitrogen and oxygen atoms in total. The molecule has 2 heteroatoms. The molecule has 0 saturated heterocycles. The molecule has 17 heavy (non-hydrogen) atoms. The van der Waals surface area contributed by atoms with Crippen LogP contribution in [0, 0.1) is 17.8 Å². The van der Waals surface area contributed by atoms with Crippen LogP contribution in [-0.4, -0.2) is 7.05 Å². The van der Waals surface area contributed by atoms with Crippen LogP contribution in [0.3, 0.4) is 0 Å². The highest BCUT2D eigenvalue weighted by atomic mass is 16.3. The zero-order valence-corrected chi connectivity index (χ0v) is 11.3. The van der Waals surface area contributed by atoms with Gasteiger partial charge in [-0.2, -0.15) is 0 Å². The van der Waals surface area contributed by atoms with Crippen molar-refractivity contribution < 1.29 is 4.42 Å². The molecule has 0 spiro atoms. The second-order valence-corrected chi connectivity index (χ2v) is 5.74. The van der Waals surface area contributed by atoms with E-state index in [2.05, 4.69) is 32.3 Å². The minimum Gasteiger partial charge on any atom is -0.472 e. The summed E-state index contributed by atoms with van der Waals surface area (Å²) in [4.78, 5) is 0. The van der Waals surface area contributed by atoms with Crippen LogP contribution in [0.25, 0.3) is 0 Å². The van der Waals surface area contributed by atoms with Gasteiger partial charge in [0.1, 0.15) is 0 Å². The van der Waals surface area contributed by atoms with E-state index in [-0.39, 0.29) is 0 Å². The Morgan fingerprint density at radius 1 is 1.18 bits per heavy atom. The lowest BCUT2D eigenvalue weighted by Crippen LogP contribution is -2.29. The molecule has 0 radical (unpaired) electrons. The summed E-state index contributed by atoms with van der Waals surface area (Å²) in [6, 6.07) is 2.57. The molecule has 1 atom stereocenters. The van der Waals surface area contributed by atoms with Crippen molar-refractivity contribution in [1.82, 2.24) is 5.32 Å². The van der Waals surface area contributed by atoms with E-state index in [1.165, 1.54) is 31.2 Å². The summed E-state index contributed by atoms with van der Waals surface area (Å²) in [7, 11) is 2.06. The van der Waals surface area contributed by atoms with Crippen molar-refractivity contribution in [3.63, 3.8) is 0 Å². The molecular formula is C15H25NO. The third kappa shape index (κ3) is 2.92. The van der Waals surface area contributed by atoms with E-state index in [4.69, 9.17) is 4.42 Å². The highest BCUT2D eigenvalue weighted by Gasteiger charge is 2.29. The smallest absolute Gasteiger partial charge is 0.0950 e. The minimum atomic E-state index is 0.474. The maximum absolute atomic E-state index is 5.21. The Bertz CT molecular complexity index is 310. The molecule has 0 aromatic carbocycles. The van der Waals surface area contributed by atoms with Crippen LogP contribution in [0.1, 0.15) is 51.1 Å². The normalized spacial score (nSPS) is 27.3. The largest absolute Gasteiger partial charge is 0.472 e. The van der Waals surface area contributed by atoms with E-state index in [0.717, 1.165) is 17.8 Å². The van der Waals surface area contributed by atoms with Gasteiger partial charge < -0.3 is 9.73 Å². The van der Waals surface area contributed by atoms with Crippen molar-refractivity contribution in [2.45, 2.75) is 45.6 Å². The Morgan fingerprint density at radius 2 is 1.82 bits per heavy atom. The average Bonchev–Trinajstić information content (AvgIpc) is 2.84. The molecule has 2 rings (SSSR count). The second kappa shape index (κ2) is 5.72. The molecular weight excluding hydrogens is 210 g/mol. The van der Waals surface area contributed by atoms with Gasteiger partial charge in [0.15, 0.2) is 0 Å². The van der Waals surface area contributed by atoms with Gasteiger partial charge in [0.05, 0.1) is 12.5 Å². The average molecular weight is 235 g/mol. The lowest BCUT2D eigenvalue weighted by atomic mass is 9.73. The van der Waals surface area contributed by atoms with Gasteiger partial charge in [0.25, 0.3) is 0 Å². The molecule has 1 fully saturated rings. The summed E-state index contributed by atoms with van der Waals surface area (Å²) >= 11 is 0. The zero-order chi connectivity index (χ0) is 12.3. The molecule has 1 aromatic rings. The molecule has 1 saturated carbocycles. The van der Waals surface area contributed by atoms with Gasteiger partial charge in [-0.05, 0) is 56.6 Å². The van der Waals surface area contributed by atoms with E-state index in [0.29, 0.717) is 6.04 Å². The van der Waals surface area contributed by atoms with Crippen LogP contribution in [0.5, 0.6) is 0 Å². The Hall–Kier alpha value is -0.760. The van der Waals surface area contributed by atoms with E-state index in [1.807, 2.05) is 6.26 Å². The van der Waals surface area contributed by atoms with Crippen molar-refractivity contribution in [2.24, 2.45) is 17.8 Å². The minimum absolute atomic E-state index is 0.474. The van der Waals surface area contributed by atoms with Gasteiger partial charge in [0.2, 0.25) is 0 Å². The first-order valence-electron chi connectivity index (χ1n) is 6.91. The Morgan fingerprint density at radius 3 is 2.29 bits per heavy atom. The monoisotopic (exact) mass is 235 g/mol. The third-order valence-electron chi connectivity index (χ3n) is 4.44. The topological polar surface area (TPSA) is 25.2 Å². The maximum Gasteiger partial charge on any atom is 0.0950 e.